The monoisotopic (exact) mass is 383 g/mol. The molecule has 0 aliphatic carbocycles. The summed E-state index contributed by atoms with van der Waals surface area (Å²) in [4.78, 5) is 6.65. The fourth-order valence-electron chi connectivity index (χ4n) is 1.86. The van der Waals surface area contributed by atoms with Gasteiger partial charge in [-0.1, -0.05) is 18.2 Å². The zero-order valence-corrected chi connectivity index (χ0v) is 13.8. The van der Waals surface area contributed by atoms with E-state index < -0.39 is 0 Å². The van der Waals surface area contributed by atoms with E-state index in [1.165, 1.54) is 0 Å². The van der Waals surface area contributed by atoms with Gasteiger partial charge in [0.25, 0.3) is 0 Å². The van der Waals surface area contributed by atoms with Gasteiger partial charge in [0, 0.05) is 29.4 Å². The number of aromatic nitrogens is 1. The van der Waals surface area contributed by atoms with Gasteiger partial charge >= 0.3 is 0 Å². The number of pyridine rings is 1. The lowest BCUT2D eigenvalue weighted by molar-refractivity contribution is 0.812. The van der Waals surface area contributed by atoms with E-state index >= 15 is 0 Å². The third-order valence-corrected chi connectivity index (χ3v) is 3.90. The van der Waals surface area contributed by atoms with Crippen LogP contribution in [0.2, 0.25) is 0 Å². The summed E-state index contributed by atoms with van der Waals surface area (Å²) in [6, 6.07) is 9.92. The van der Waals surface area contributed by atoms with Crippen molar-refractivity contribution in [3.05, 3.63) is 51.0 Å². The lowest BCUT2D eigenvalue weighted by Crippen LogP contribution is -2.24. The van der Waals surface area contributed by atoms with Crippen molar-refractivity contribution in [1.29, 1.82) is 0 Å². The van der Waals surface area contributed by atoms with Crippen LogP contribution in [-0.4, -0.2) is 11.5 Å². The fraction of sp³-hybridized carbons (Fsp3) is 0.214. The van der Waals surface area contributed by atoms with E-state index in [1.807, 2.05) is 30.3 Å². The Labute approximate surface area is 130 Å². The molecular weight excluding hydrogens is 370 g/mol. The number of hydrogen-bond acceptors (Lipinski definition) is 3. The van der Waals surface area contributed by atoms with Gasteiger partial charge in [0.2, 0.25) is 0 Å². The Morgan fingerprint density at radius 3 is 2.63 bits per heavy atom. The largest absolute Gasteiger partial charge is 0.398 e. The number of hydrogen-bond donors (Lipinski definition) is 1. The number of benzene rings is 1. The molecule has 0 atom stereocenters. The topological polar surface area (TPSA) is 42.1 Å². The molecule has 1 aromatic carbocycles. The lowest BCUT2D eigenvalue weighted by Gasteiger charge is -2.24. The molecule has 1 heterocycles. The number of para-hydroxylation sites is 1. The molecule has 100 valence electrons. The second-order valence-corrected chi connectivity index (χ2v) is 5.94. The summed E-state index contributed by atoms with van der Waals surface area (Å²) in [5.41, 5.74) is 7.92. The van der Waals surface area contributed by atoms with Gasteiger partial charge < -0.3 is 10.6 Å². The molecule has 0 bridgehead atoms. The van der Waals surface area contributed by atoms with E-state index in [9.17, 15) is 0 Å². The molecule has 3 nitrogen and oxygen atoms in total. The molecule has 0 spiro atoms. The van der Waals surface area contributed by atoms with Crippen molar-refractivity contribution in [2.24, 2.45) is 0 Å². The third kappa shape index (κ3) is 3.48. The molecule has 2 N–H and O–H groups in total. The standard InChI is InChI=1S/C14H15Br2N3/c1-2-19(9-10-5-3-4-6-13(10)17)14-12(16)7-11(15)8-18-14/h3-8H,2,9,17H2,1H3. The molecule has 0 saturated heterocycles. The minimum atomic E-state index is 0.746. The van der Waals surface area contributed by atoms with Crippen LogP contribution in [0.3, 0.4) is 0 Å². The number of nitrogen functional groups attached to an aromatic ring is 1. The van der Waals surface area contributed by atoms with Gasteiger partial charge in [-0.3, -0.25) is 0 Å². The number of nitrogens with two attached hydrogens (primary N) is 1. The first kappa shape index (κ1) is 14.3. The van der Waals surface area contributed by atoms with Crippen LogP contribution < -0.4 is 10.6 Å². The molecule has 0 unspecified atom stereocenters. The summed E-state index contributed by atoms with van der Waals surface area (Å²) in [6.45, 7) is 3.72. The van der Waals surface area contributed by atoms with E-state index in [-0.39, 0.29) is 0 Å². The van der Waals surface area contributed by atoms with E-state index in [0.717, 1.165) is 39.1 Å². The zero-order valence-electron chi connectivity index (χ0n) is 10.6. The van der Waals surface area contributed by atoms with Crippen LogP contribution in [0.4, 0.5) is 11.5 Å². The smallest absolute Gasteiger partial charge is 0.143 e. The summed E-state index contributed by atoms with van der Waals surface area (Å²) >= 11 is 6.97. The van der Waals surface area contributed by atoms with Crippen LogP contribution in [-0.2, 0) is 6.54 Å². The SMILES string of the molecule is CCN(Cc1ccccc1N)c1ncc(Br)cc1Br. The highest BCUT2D eigenvalue weighted by Crippen LogP contribution is 2.28. The van der Waals surface area contributed by atoms with Gasteiger partial charge in [-0.2, -0.15) is 0 Å². The Morgan fingerprint density at radius 2 is 2.00 bits per heavy atom. The lowest BCUT2D eigenvalue weighted by atomic mass is 10.1. The molecule has 5 heteroatoms. The summed E-state index contributed by atoms with van der Waals surface area (Å²) in [5, 5.41) is 0. The molecule has 0 fully saturated rings. The summed E-state index contributed by atoms with van der Waals surface area (Å²) < 4.78 is 1.93. The minimum absolute atomic E-state index is 0.746. The van der Waals surface area contributed by atoms with Crippen LogP contribution in [0.15, 0.2) is 45.5 Å². The zero-order chi connectivity index (χ0) is 13.8. The first-order valence-corrected chi connectivity index (χ1v) is 7.59. The van der Waals surface area contributed by atoms with Gasteiger partial charge in [-0.25, -0.2) is 4.98 Å². The van der Waals surface area contributed by atoms with Crippen molar-refractivity contribution in [2.75, 3.05) is 17.2 Å². The van der Waals surface area contributed by atoms with E-state index in [4.69, 9.17) is 5.73 Å². The Morgan fingerprint density at radius 1 is 1.26 bits per heavy atom. The highest BCUT2D eigenvalue weighted by atomic mass is 79.9. The first-order chi connectivity index (χ1) is 9.11. The normalized spacial score (nSPS) is 10.5. The maximum absolute atomic E-state index is 6.00. The van der Waals surface area contributed by atoms with Crippen LogP contribution in [0, 0.1) is 0 Å². The number of rotatable bonds is 4. The predicted octanol–water partition coefficient (Wildman–Crippen LogP) is 4.22. The van der Waals surface area contributed by atoms with Crippen LogP contribution in [0.25, 0.3) is 0 Å². The Kier molecular flexibility index (Phi) is 4.82. The van der Waals surface area contributed by atoms with Crippen molar-refractivity contribution < 1.29 is 0 Å². The molecule has 2 rings (SSSR count). The Balaban J connectivity index is 2.28. The fourth-order valence-corrected chi connectivity index (χ4v) is 3.10. The maximum Gasteiger partial charge on any atom is 0.143 e. The molecule has 2 aromatic rings. The summed E-state index contributed by atoms with van der Waals surface area (Å²) in [6.07, 6.45) is 1.80. The van der Waals surface area contributed by atoms with Crippen molar-refractivity contribution in [3.63, 3.8) is 0 Å². The van der Waals surface area contributed by atoms with Gasteiger partial charge in [-0.15, -0.1) is 0 Å². The molecular formula is C14H15Br2N3. The van der Waals surface area contributed by atoms with Crippen molar-refractivity contribution in [1.82, 2.24) is 4.98 Å². The molecule has 0 aliphatic rings. The van der Waals surface area contributed by atoms with Gasteiger partial charge in [0.15, 0.2) is 0 Å². The molecule has 0 saturated carbocycles. The van der Waals surface area contributed by atoms with Gasteiger partial charge in [0.1, 0.15) is 5.82 Å². The first-order valence-electron chi connectivity index (χ1n) is 6.01. The maximum atomic E-state index is 6.00. The predicted molar refractivity (Wildman–Crippen MR) is 87.2 cm³/mol. The molecule has 19 heavy (non-hydrogen) atoms. The second-order valence-electron chi connectivity index (χ2n) is 4.17. The van der Waals surface area contributed by atoms with Crippen LogP contribution in [0.5, 0.6) is 0 Å². The van der Waals surface area contributed by atoms with Crippen molar-refractivity contribution >= 4 is 43.4 Å². The average molecular weight is 385 g/mol. The quantitative estimate of drug-likeness (QED) is 0.802. The van der Waals surface area contributed by atoms with Crippen LogP contribution >= 0.6 is 31.9 Å². The highest BCUT2D eigenvalue weighted by Gasteiger charge is 2.12. The summed E-state index contributed by atoms with van der Waals surface area (Å²) in [7, 11) is 0. The molecule has 1 aromatic heterocycles. The van der Waals surface area contributed by atoms with Gasteiger partial charge in [0.05, 0.1) is 4.47 Å². The third-order valence-electron chi connectivity index (χ3n) is 2.89. The van der Waals surface area contributed by atoms with E-state index in [2.05, 4.69) is 48.7 Å². The molecule has 0 radical (unpaired) electrons. The Bertz CT molecular complexity index is 572. The van der Waals surface area contributed by atoms with E-state index in [1.54, 1.807) is 6.20 Å². The number of anilines is 2. The van der Waals surface area contributed by atoms with Crippen LogP contribution in [0.1, 0.15) is 12.5 Å². The average Bonchev–Trinajstić information content (AvgIpc) is 2.39. The second kappa shape index (κ2) is 6.39. The van der Waals surface area contributed by atoms with Gasteiger partial charge in [-0.05, 0) is 56.5 Å². The minimum Gasteiger partial charge on any atom is -0.398 e. The van der Waals surface area contributed by atoms with Crippen molar-refractivity contribution in [2.45, 2.75) is 13.5 Å². The number of halogens is 2. The van der Waals surface area contributed by atoms with Crippen molar-refractivity contribution in [3.8, 4) is 0 Å². The molecule has 0 aliphatic heterocycles. The molecule has 0 amide bonds. The highest BCUT2D eigenvalue weighted by molar-refractivity contribution is 9.11. The summed E-state index contributed by atoms with van der Waals surface area (Å²) in [5.74, 6) is 0.925. The Hall–Kier alpha value is -1.07. The van der Waals surface area contributed by atoms with E-state index in [0.29, 0.717) is 0 Å². The number of nitrogens with zero attached hydrogens (tertiary/aromatic N) is 2.